The Kier molecular flexibility index (Phi) is 7.05. The van der Waals surface area contributed by atoms with Gasteiger partial charge in [0.05, 0.1) is 11.0 Å². The first-order valence-electron chi connectivity index (χ1n) is 5.81. The molecule has 0 amide bonds. The molecule has 1 aromatic carbocycles. The lowest BCUT2D eigenvalue weighted by Crippen LogP contribution is -2.17. The van der Waals surface area contributed by atoms with Crippen LogP contribution >= 0.6 is 9.90 Å². The molecule has 0 saturated carbocycles. The normalized spacial score (nSPS) is 13.2. The zero-order chi connectivity index (χ0) is 13.1. The Labute approximate surface area is 114 Å². The topological polar surface area (TPSA) is 43.4 Å². The summed E-state index contributed by atoms with van der Waals surface area (Å²) in [7, 11) is -3.62. The van der Waals surface area contributed by atoms with Gasteiger partial charge in [0, 0.05) is 0 Å². The van der Waals surface area contributed by atoms with E-state index < -0.39 is 10.1 Å². The summed E-state index contributed by atoms with van der Waals surface area (Å²) in [5.41, 5.74) is 1.03. The van der Waals surface area contributed by atoms with Crippen molar-refractivity contribution in [1.82, 2.24) is 0 Å². The van der Waals surface area contributed by atoms with Crippen LogP contribution < -0.4 is 0 Å². The smallest absolute Gasteiger partial charge is 0.263 e. The van der Waals surface area contributed by atoms with Crippen molar-refractivity contribution in [2.45, 2.75) is 45.1 Å². The Morgan fingerprint density at radius 3 is 2.06 bits per heavy atom. The summed E-state index contributed by atoms with van der Waals surface area (Å²) in [6.07, 6.45) is 0.437. The van der Waals surface area contributed by atoms with E-state index >= 15 is 0 Å². The van der Waals surface area contributed by atoms with E-state index in [9.17, 15) is 8.42 Å². The Morgan fingerprint density at radius 2 is 1.61 bits per heavy atom. The van der Waals surface area contributed by atoms with E-state index in [1.165, 1.54) is 0 Å². The highest BCUT2D eigenvalue weighted by atomic mass is 32.2. The lowest BCUT2D eigenvalue weighted by Gasteiger charge is -2.14. The van der Waals surface area contributed by atoms with E-state index in [4.69, 9.17) is 4.18 Å². The summed E-state index contributed by atoms with van der Waals surface area (Å²) < 4.78 is 29.0. The lowest BCUT2D eigenvalue weighted by molar-refractivity contribution is 0.200. The standard InChI is InChI=1S/C13H20O3S.H3P/c1-10(2)9-12(4)16-17(14,15)13-7-5-11(3)6-8-13;/h5-8,10,12H,9H2,1-4H3;1H3. The number of benzene rings is 1. The van der Waals surface area contributed by atoms with Crippen LogP contribution in [-0.2, 0) is 14.3 Å². The number of hydrogen-bond acceptors (Lipinski definition) is 3. The Morgan fingerprint density at radius 1 is 1.11 bits per heavy atom. The minimum Gasteiger partial charge on any atom is -0.263 e. The maximum Gasteiger partial charge on any atom is 0.297 e. The van der Waals surface area contributed by atoms with Gasteiger partial charge < -0.3 is 0 Å². The van der Waals surface area contributed by atoms with Gasteiger partial charge in [0.2, 0.25) is 0 Å². The summed E-state index contributed by atoms with van der Waals surface area (Å²) in [5, 5.41) is 0. The van der Waals surface area contributed by atoms with Crippen LogP contribution in [0.5, 0.6) is 0 Å². The van der Waals surface area contributed by atoms with Crippen molar-refractivity contribution < 1.29 is 12.6 Å². The van der Waals surface area contributed by atoms with Crippen molar-refractivity contribution in [3.8, 4) is 0 Å². The summed E-state index contributed by atoms with van der Waals surface area (Å²) >= 11 is 0. The Balaban J connectivity index is 0.00000289. The molecule has 2 atom stereocenters. The molecule has 18 heavy (non-hydrogen) atoms. The monoisotopic (exact) mass is 290 g/mol. The van der Waals surface area contributed by atoms with Crippen LogP contribution in [-0.4, -0.2) is 14.5 Å². The van der Waals surface area contributed by atoms with E-state index in [0.717, 1.165) is 12.0 Å². The molecule has 0 aliphatic rings. The average Bonchev–Trinajstić information content (AvgIpc) is 2.15. The van der Waals surface area contributed by atoms with Crippen molar-refractivity contribution in [3.63, 3.8) is 0 Å². The third-order valence-corrected chi connectivity index (χ3v) is 3.84. The molecule has 0 heterocycles. The molecule has 0 aliphatic carbocycles. The maximum atomic E-state index is 11.9. The zero-order valence-electron chi connectivity index (χ0n) is 11.5. The van der Waals surface area contributed by atoms with E-state index in [2.05, 4.69) is 0 Å². The fourth-order valence-corrected chi connectivity index (χ4v) is 2.77. The molecule has 0 N–H and O–H groups in total. The molecule has 1 aromatic rings. The Hall–Kier alpha value is -0.440. The lowest BCUT2D eigenvalue weighted by atomic mass is 10.1. The van der Waals surface area contributed by atoms with Gasteiger partial charge in [-0.15, -0.1) is 0 Å². The quantitative estimate of drug-likeness (QED) is 0.618. The molecule has 0 radical (unpaired) electrons. The van der Waals surface area contributed by atoms with Gasteiger partial charge in [0.15, 0.2) is 0 Å². The van der Waals surface area contributed by atoms with Crippen LogP contribution in [0.1, 0.15) is 32.8 Å². The maximum absolute atomic E-state index is 11.9. The molecule has 0 bridgehead atoms. The van der Waals surface area contributed by atoms with E-state index in [-0.39, 0.29) is 20.9 Å². The van der Waals surface area contributed by atoms with Crippen molar-refractivity contribution in [2.75, 3.05) is 0 Å². The largest absolute Gasteiger partial charge is 0.297 e. The second kappa shape index (κ2) is 7.22. The molecule has 5 heteroatoms. The fraction of sp³-hybridized carbons (Fsp3) is 0.538. The highest BCUT2D eigenvalue weighted by molar-refractivity contribution is 7.86. The number of rotatable bonds is 5. The predicted octanol–water partition coefficient (Wildman–Crippen LogP) is 3.19. The minimum atomic E-state index is -3.62. The van der Waals surface area contributed by atoms with E-state index in [1.807, 2.05) is 20.8 Å². The highest BCUT2D eigenvalue weighted by Crippen LogP contribution is 2.17. The molecule has 0 aromatic heterocycles. The van der Waals surface area contributed by atoms with Gasteiger partial charge in [0.25, 0.3) is 10.1 Å². The zero-order valence-corrected chi connectivity index (χ0v) is 13.7. The first-order valence-corrected chi connectivity index (χ1v) is 7.22. The second-order valence-corrected chi connectivity index (χ2v) is 6.38. The average molecular weight is 290 g/mol. The van der Waals surface area contributed by atoms with Gasteiger partial charge in [-0.2, -0.15) is 18.3 Å². The summed E-state index contributed by atoms with van der Waals surface area (Å²) in [4.78, 5) is 0.221. The van der Waals surface area contributed by atoms with Crippen LogP contribution in [0.25, 0.3) is 0 Å². The van der Waals surface area contributed by atoms with Crippen molar-refractivity contribution in [1.29, 1.82) is 0 Å². The summed E-state index contributed by atoms with van der Waals surface area (Å²) in [5.74, 6) is 0.415. The molecule has 0 aliphatic heterocycles. The van der Waals surface area contributed by atoms with Gasteiger partial charge in [0.1, 0.15) is 0 Å². The van der Waals surface area contributed by atoms with Gasteiger partial charge in [-0.1, -0.05) is 31.5 Å². The van der Waals surface area contributed by atoms with Crippen LogP contribution in [0, 0.1) is 12.8 Å². The van der Waals surface area contributed by atoms with Crippen molar-refractivity contribution >= 4 is 20.0 Å². The Bertz CT molecular complexity index is 452. The summed E-state index contributed by atoms with van der Waals surface area (Å²) in [6.45, 7) is 7.78. The van der Waals surface area contributed by atoms with E-state index in [1.54, 1.807) is 31.2 Å². The van der Waals surface area contributed by atoms with Crippen LogP contribution in [0.3, 0.4) is 0 Å². The van der Waals surface area contributed by atoms with Gasteiger partial charge in [-0.3, -0.25) is 4.18 Å². The molecule has 0 spiro atoms. The molecule has 0 saturated heterocycles. The second-order valence-electron chi connectivity index (χ2n) is 4.80. The first-order chi connectivity index (χ1) is 7.81. The van der Waals surface area contributed by atoms with Gasteiger partial charge >= 0.3 is 0 Å². The first kappa shape index (κ1) is 17.6. The predicted molar refractivity (Wildman–Crippen MR) is 79.5 cm³/mol. The van der Waals surface area contributed by atoms with Gasteiger partial charge in [-0.25, -0.2) is 0 Å². The van der Waals surface area contributed by atoms with Crippen LogP contribution in [0.4, 0.5) is 0 Å². The van der Waals surface area contributed by atoms with Crippen molar-refractivity contribution in [2.24, 2.45) is 5.92 Å². The number of aryl methyl sites for hydroxylation is 1. The van der Waals surface area contributed by atoms with E-state index in [0.29, 0.717) is 5.92 Å². The third kappa shape index (κ3) is 5.47. The van der Waals surface area contributed by atoms with Crippen LogP contribution in [0.15, 0.2) is 29.2 Å². The SMILES string of the molecule is Cc1ccc(S(=O)(=O)OC(C)CC(C)C)cc1.P. The molecular formula is C13H23O3PS. The van der Waals surface area contributed by atoms with Gasteiger partial charge in [-0.05, 0) is 38.3 Å². The highest BCUT2D eigenvalue weighted by Gasteiger charge is 2.19. The molecule has 1 rings (SSSR count). The summed E-state index contributed by atoms with van der Waals surface area (Å²) in [6, 6.07) is 6.69. The third-order valence-electron chi connectivity index (χ3n) is 2.40. The molecule has 2 unspecified atom stereocenters. The minimum absolute atomic E-state index is 0. The molecule has 0 fully saturated rings. The van der Waals surface area contributed by atoms with Crippen molar-refractivity contribution in [3.05, 3.63) is 29.8 Å². The molecular weight excluding hydrogens is 267 g/mol. The molecule has 3 nitrogen and oxygen atoms in total. The van der Waals surface area contributed by atoms with Crippen LogP contribution in [0.2, 0.25) is 0 Å². The fourth-order valence-electron chi connectivity index (χ4n) is 1.68. The number of hydrogen-bond donors (Lipinski definition) is 0. The molecule has 104 valence electrons.